The van der Waals surface area contributed by atoms with Crippen LogP contribution in [0.5, 0.6) is 0 Å². The zero-order chi connectivity index (χ0) is 17.8. The number of hydrogen-bond acceptors (Lipinski definition) is 5. The van der Waals surface area contributed by atoms with Gasteiger partial charge in [-0.15, -0.1) is 12.4 Å². The summed E-state index contributed by atoms with van der Waals surface area (Å²) >= 11 is 0. The fourth-order valence-corrected chi connectivity index (χ4v) is 3.76. The zero-order valence-corrected chi connectivity index (χ0v) is 17.1. The van der Waals surface area contributed by atoms with Crippen LogP contribution in [0.4, 0.5) is 0 Å². The van der Waals surface area contributed by atoms with E-state index in [1.165, 1.54) is 18.4 Å². The quantitative estimate of drug-likeness (QED) is 0.538. The predicted molar refractivity (Wildman–Crippen MR) is 114 cm³/mol. The van der Waals surface area contributed by atoms with Crippen LogP contribution in [0.1, 0.15) is 31.2 Å². The highest BCUT2D eigenvalue weighted by molar-refractivity contribution is 5.85. The van der Waals surface area contributed by atoms with Crippen molar-refractivity contribution in [1.82, 2.24) is 11.1 Å². The van der Waals surface area contributed by atoms with Gasteiger partial charge in [0.1, 0.15) is 5.52 Å². The van der Waals surface area contributed by atoms with Gasteiger partial charge < -0.3 is 20.0 Å². The molecular formula is C22H29ClN2O3. The number of para-hydroxylation sites is 2. The minimum Gasteiger partial charge on any atom is -0.436 e. The van der Waals surface area contributed by atoms with Crippen molar-refractivity contribution in [2.75, 3.05) is 13.7 Å². The van der Waals surface area contributed by atoms with Gasteiger partial charge in [0.15, 0.2) is 5.58 Å². The van der Waals surface area contributed by atoms with Crippen LogP contribution in [-0.4, -0.2) is 24.8 Å². The fourth-order valence-electron chi connectivity index (χ4n) is 3.76. The lowest BCUT2D eigenvalue weighted by atomic mass is 10.0. The van der Waals surface area contributed by atoms with Gasteiger partial charge in [-0.1, -0.05) is 30.7 Å². The second-order valence-electron chi connectivity index (χ2n) is 7.01. The molecule has 0 bridgehead atoms. The Morgan fingerprint density at radius 1 is 1.07 bits per heavy atom. The summed E-state index contributed by atoms with van der Waals surface area (Å²) < 4.78 is 17.3. The van der Waals surface area contributed by atoms with Gasteiger partial charge in [0, 0.05) is 19.3 Å². The molecule has 6 heteroatoms. The number of aromatic nitrogens is 1. The van der Waals surface area contributed by atoms with Crippen LogP contribution in [0.3, 0.4) is 0 Å². The molecular weight excluding hydrogens is 376 g/mol. The molecule has 152 valence electrons. The maximum atomic E-state index is 6.20. The number of halogens is 1. The fraction of sp³-hybridized carbons (Fsp3) is 0.409. The number of methoxy groups -OCH3 is 1. The number of rotatable bonds is 7. The van der Waals surface area contributed by atoms with Crippen molar-refractivity contribution < 1.29 is 13.9 Å². The maximum absolute atomic E-state index is 6.20. The minimum absolute atomic E-state index is 0. The van der Waals surface area contributed by atoms with Gasteiger partial charge >= 0.3 is 0 Å². The van der Waals surface area contributed by atoms with Crippen LogP contribution < -0.4 is 6.15 Å². The van der Waals surface area contributed by atoms with Crippen molar-refractivity contribution in [3.63, 3.8) is 0 Å². The monoisotopic (exact) mass is 404 g/mol. The summed E-state index contributed by atoms with van der Waals surface area (Å²) in [6, 6.07) is 16.1. The lowest BCUT2D eigenvalue weighted by Gasteiger charge is -2.20. The Hall–Kier alpha value is -1.92. The molecule has 0 amide bonds. The average Bonchev–Trinajstić information content (AvgIpc) is 3.31. The van der Waals surface area contributed by atoms with Gasteiger partial charge in [0.25, 0.3) is 0 Å². The van der Waals surface area contributed by atoms with E-state index in [1.54, 1.807) is 7.11 Å². The molecule has 2 atom stereocenters. The molecule has 0 unspecified atom stereocenters. The number of ether oxygens (including phenoxy) is 2. The Morgan fingerprint density at radius 3 is 2.61 bits per heavy atom. The van der Waals surface area contributed by atoms with Crippen LogP contribution >= 0.6 is 12.4 Å². The molecule has 0 aliphatic heterocycles. The van der Waals surface area contributed by atoms with Crippen molar-refractivity contribution in [3.8, 4) is 11.5 Å². The Labute approximate surface area is 172 Å². The lowest BCUT2D eigenvalue weighted by molar-refractivity contribution is 0.00743. The van der Waals surface area contributed by atoms with E-state index >= 15 is 0 Å². The summed E-state index contributed by atoms with van der Waals surface area (Å²) in [6.07, 6.45) is 5.13. The van der Waals surface area contributed by atoms with E-state index in [-0.39, 0.29) is 18.6 Å². The molecule has 2 aromatic carbocycles. The summed E-state index contributed by atoms with van der Waals surface area (Å²) in [5, 5.41) is 0. The normalized spacial score (nSPS) is 18.6. The highest BCUT2D eigenvalue weighted by atomic mass is 35.5. The smallest absolute Gasteiger partial charge is 0.227 e. The molecule has 1 saturated carbocycles. The first-order valence-corrected chi connectivity index (χ1v) is 9.39. The second kappa shape index (κ2) is 10.6. The highest BCUT2D eigenvalue weighted by Gasteiger charge is 2.27. The molecule has 1 heterocycles. The van der Waals surface area contributed by atoms with E-state index in [4.69, 9.17) is 13.9 Å². The van der Waals surface area contributed by atoms with Gasteiger partial charge in [0.2, 0.25) is 5.89 Å². The van der Waals surface area contributed by atoms with Crippen LogP contribution in [0.25, 0.3) is 22.6 Å². The zero-order valence-electron chi connectivity index (χ0n) is 16.3. The van der Waals surface area contributed by atoms with Crippen molar-refractivity contribution in [2.45, 2.75) is 38.4 Å². The first-order chi connectivity index (χ1) is 12.8. The molecule has 3 N–H and O–H groups in total. The van der Waals surface area contributed by atoms with Gasteiger partial charge in [-0.25, -0.2) is 4.98 Å². The molecule has 1 aromatic heterocycles. The standard InChI is InChI=1S/C22H25NO3.ClH.H3N/c1-24-14-13-17-5-4-8-20(17)25-15-16-9-11-18(12-10-16)22-23-19-6-2-3-7-21(19)26-22;;/h2-3,6-7,9-12,17,20H,4-5,8,13-15H2,1H3;1H;1H3/t17-,20+;;/m0../s1. The van der Waals surface area contributed by atoms with Gasteiger partial charge in [0.05, 0.1) is 12.7 Å². The summed E-state index contributed by atoms with van der Waals surface area (Å²) in [5.41, 5.74) is 3.88. The summed E-state index contributed by atoms with van der Waals surface area (Å²) in [4.78, 5) is 4.55. The largest absolute Gasteiger partial charge is 0.436 e. The molecule has 0 spiro atoms. The first-order valence-electron chi connectivity index (χ1n) is 9.39. The first kappa shape index (κ1) is 22.4. The second-order valence-corrected chi connectivity index (χ2v) is 7.01. The summed E-state index contributed by atoms with van der Waals surface area (Å²) in [7, 11) is 1.77. The van der Waals surface area contributed by atoms with Crippen LogP contribution in [0.2, 0.25) is 0 Å². The number of oxazole rings is 1. The van der Waals surface area contributed by atoms with Crippen molar-refractivity contribution in [2.24, 2.45) is 5.92 Å². The Morgan fingerprint density at radius 2 is 1.86 bits per heavy atom. The molecule has 3 aromatic rings. The summed E-state index contributed by atoms with van der Waals surface area (Å²) in [6.45, 7) is 1.48. The van der Waals surface area contributed by atoms with E-state index in [0.717, 1.165) is 36.1 Å². The molecule has 5 nitrogen and oxygen atoms in total. The number of benzene rings is 2. The molecule has 0 saturated heterocycles. The third-order valence-corrected chi connectivity index (χ3v) is 5.24. The number of nitrogens with zero attached hydrogens (tertiary/aromatic N) is 1. The Bertz CT molecular complexity index is 817. The molecule has 28 heavy (non-hydrogen) atoms. The third kappa shape index (κ3) is 5.11. The van der Waals surface area contributed by atoms with Gasteiger partial charge in [-0.3, -0.25) is 0 Å². The third-order valence-electron chi connectivity index (χ3n) is 5.24. The van der Waals surface area contributed by atoms with Crippen molar-refractivity contribution in [1.29, 1.82) is 0 Å². The molecule has 1 aliphatic rings. The van der Waals surface area contributed by atoms with Gasteiger partial charge in [-0.05, 0) is 55.0 Å². The van der Waals surface area contributed by atoms with Crippen molar-refractivity contribution >= 4 is 23.5 Å². The molecule has 1 fully saturated rings. The molecule has 0 radical (unpaired) electrons. The van der Waals surface area contributed by atoms with Gasteiger partial charge in [-0.2, -0.15) is 0 Å². The Balaban J connectivity index is 0.00000140. The number of hydrogen-bond donors (Lipinski definition) is 1. The molecule has 4 rings (SSSR count). The highest BCUT2D eigenvalue weighted by Crippen LogP contribution is 2.31. The molecule has 1 aliphatic carbocycles. The average molecular weight is 405 g/mol. The van der Waals surface area contributed by atoms with Crippen LogP contribution in [0, 0.1) is 5.92 Å². The predicted octanol–water partition coefficient (Wildman–Crippen LogP) is 5.80. The van der Waals surface area contributed by atoms with Crippen LogP contribution in [-0.2, 0) is 16.1 Å². The topological polar surface area (TPSA) is 79.5 Å². The maximum Gasteiger partial charge on any atom is 0.227 e. The lowest BCUT2D eigenvalue weighted by Crippen LogP contribution is -2.19. The Kier molecular flexibility index (Phi) is 8.45. The van der Waals surface area contributed by atoms with Crippen molar-refractivity contribution in [3.05, 3.63) is 54.1 Å². The minimum atomic E-state index is 0. The van der Waals surface area contributed by atoms with E-state index in [1.807, 2.05) is 24.3 Å². The van der Waals surface area contributed by atoms with E-state index in [0.29, 0.717) is 24.5 Å². The van der Waals surface area contributed by atoms with E-state index < -0.39 is 0 Å². The van der Waals surface area contributed by atoms with E-state index in [9.17, 15) is 0 Å². The number of fused-ring (bicyclic) bond motifs is 1. The SMILES string of the molecule is COCC[C@@H]1CCC[C@H]1OCc1ccc(-c2nc3ccccc3o2)cc1.Cl.N. The summed E-state index contributed by atoms with van der Waals surface area (Å²) in [5.74, 6) is 1.29. The van der Waals surface area contributed by atoms with E-state index in [2.05, 4.69) is 29.2 Å². The van der Waals surface area contributed by atoms with Crippen LogP contribution in [0.15, 0.2) is 52.9 Å².